The topological polar surface area (TPSA) is 72.9 Å². The summed E-state index contributed by atoms with van der Waals surface area (Å²) in [7, 11) is 0. The van der Waals surface area contributed by atoms with E-state index >= 15 is 0 Å². The summed E-state index contributed by atoms with van der Waals surface area (Å²) in [4.78, 5) is 27.0. The Hall–Kier alpha value is -1.30. The molecule has 2 saturated heterocycles. The first kappa shape index (κ1) is 13.1. The standard InChI is InChI=1S/C12H21N3O3/c1-9-8-10(11(16)17)2-5-15(9)12(18)14-6-3-13-4-7-14/h9-10,13H,2-8H2,1H3,(H,16,17). The number of rotatable bonds is 1. The fourth-order valence-electron chi connectivity index (χ4n) is 2.72. The van der Waals surface area contributed by atoms with Crippen LogP contribution in [0.2, 0.25) is 0 Å². The van der Waals surface area contributed by atoms with Crippen LogP contribution in [0.4, 0.5) is 4.79 Å². The summed E-state index contributed by atoms with van der Waals surface area (Å²) in [5, 5.41) is 12.2. The van der Waals surface area contributed by atoms with E-state index in [1.165, 1.54) is 0 Å². The first-order chi connectivity index (χ1) is 8.59. The molecule has 0 aliphatic carbocycles. The highest BCUT2D eigenvalue weighted by molar-refractivity contribution is 5.76. The van der Waals surface area contributed by atoms with Gasteiger partial charge in [0.25, 0.3) is 0 Å². The number of urea groups is 1. The molecule has 0 bridgehead atoms. The third-order valence-electron chi connectivity index (χ3n) is 3.86. The number of likely N-dealkylation sites (tertiary alicyclic amines) is 1. The van der Waals surface area contributed by atoms with E-state index in [9.17, 15) is 9.59 Å². The Bertz CT molecular complexity index is 329. The second-order valence-electron chi connectivity index (χ2n) is 5.12. The van der Waals surface area contributed by atoms with Crippen LogP contribution in [0.5, 0.6) is 0 Å². The van der Waals surface area contributed by atoms with Crippen LogP contribution in [0.3, 0.4) is 0 Å². The Morgan fingerprint density at radius 2 is 1.89 bits per heavy atom. The molecule has 2 rings (SSSR count). The van der Waals surface area contributed by atoms with Crippen molar-refractivity contribution in [1.29, 1.82) is 0 Å². The third-order valence-corrected chi connectivity index (χ3v) is 3.86. The summed E-state index contributed by atoms with van der Waals surface area (Å²) < 4.78 is 0. The maximum Gasteiger partial charge on any atom is 0.320 e. The van der Waals surface area contributed by atoms with E-state index in [1.807, 2.05) is 16.7 Å². The molecular formula is C12H21N3O3. The fraction of sp³-hybridized carbons (Fsp3) is 0.833. The van der Waals surface area contributed by atoms with E-state index in [4.69, 9.17) is 5.11 Å². The van der Waals surface area contributed by atoms with Crippen molar-refractivity contribution in [2.45, 2.75) is 25.8 Å². The van der Waals surface area contributed by atoms with E-state index in [1.54, 1.807) is 0 Å². The lowest BCUT2D eigenvalue weighted by molar-refractivity contribution is -0.143. The van der Waals surface area contributed by atoms with Crippen LogP contribution >= 0.6 is 0 Å². The Labute approximate surface area is 107 Å². The lowest BCUT2D eigenvalue weighted by atomic mass is 9.92. The summed E-state index contributed by atoms with van der Waals surface area (Å²) >= 11 is 0. The molecule has 0 saturated carbocycles. The zero-order valence-electron chi connectivity index (χ0n) is 10.8. The summed E-state index contributed by atoms with van der Waals surface area (Å²) in [6, 6.07) is 0.0788. The number of carbonyl (C=O) groups is 2. The van der Waals surface area contributed by atoms with Crippen molar-refractivity contribution >= 4 is 12.0 Å². The van der Waals surface area contributed by atoms with Crippen LogP contribution in [-0.4, -0.2) is 65.7 Å². The Kier molecular flexibility index (Phi) is 4.06. The molecule has 2 unspecified atom stereocenters. The van der Waals surface area contributed by atoms with E-state index in [2.05, 4.69) is 5.32 Å². The second-order valence-corrected chi connectivity index (χ2v) is 5.12. The quantitative estimate of drug-likeness (QED) is 0.702. The molecule has 2 heterocycles. The van der Waals surface area contributed by atoms with Gasteiger partial charge in [-0.1, -0.05) is 0 Å². The number of hydrogen-bond donors (Lipinski definition) is 2. The van der Waals surface area contributed by atoms with Gasteiger partial charge in [-0.15, -0.1) is 0 Å². The molecule has 0 radical (unpaired) electrons. The normalized spacial score (nSPS) is 29.2. The lowest BCUT2D eigenvalue weighted by Crippen LogP contribution is -2.55. The van der Waals surface area contributed by atoms with Crippen molar-refractivity contribution in [3.63, 3.8) is 0 Å². The van der Waals surface area contributed by atoms with Crippen molar-refractivity contribution in [2.24, 2.45) is 5.92 Å². The Morgan fingerprint density at radius 3 is 2.44 bits per heavy atom. The van der Waals surface area contributed by atoms with Crippen molar-refractivity contribution < 1.29 is 14.7 Å². The van der Waals surface area contributed by atoms with E-state index in [0.29, 0.717) is 19.4 Å². The largest absolute Gasteiger partial charge is 0.481 e. The van der Waals surface area contributed by atoms with Crippen LogP contribution < -0.4 is 5.32 Å². The average Bonchev–Trinajstić information content (AvgIpc) is 2.38. The maximum absolute atomic E-state index is 12.3. The summed E-state index contributed by atoms with van der Waals surface area (Å²) in [6.07, 6.45) is 1.13. The molecule has 6 heteroatoms. The molecule has 0 spiro atoms. The zero-order valence-corrected chi connectivity index (χ0v) is 10.8. The van der Waals surface area contributed by atoms with E-state index in [0.717, 1.165) is 26.2 Å². The van der Waals surface area contributed by atoms with Crippen molar-refractivity contribution in [3.8, 4) is 0 Å². The van der Waals surface area contributed by atoms with Gasteiger partial charge >= 0.3 is 12.0 Å². The molecule has 2 aliphatic heterocycles. The smallest absolute Gasteiger partial charge is 0.320 e. The number of nitrogens with one attached hydrogen (secondary N) is 1. The lowest BCUT2D eigenvalue weighted by Gasteiger charge is -2.40. The highest BCUT2D eigenvalue weighted by atomic mass is 16.4. The van der Waals surface area contributed by atoms with Gasteiger partial charge in [0.15, 0.2) is 0 Å². The van der Waals surface area contributed by atoms with Gasteiger partial charge in [-0.3, -0.25) is 4.79 Å². The van der Waals surface area contributed by atoms with Gasteiger partial charge < -0.3 is 20.2 Å². The van der Waals surface area contributed by atoms with Gasteiger partial charge in [-0.05, 0) is 19.8 Å². The SMILES string of the molecule is CC1CC(C(=O)O)CCN1C(=O)N1CCNCC1. The molecule has 0 aromatic heterocycles. The molecular weight excluding hydrogens is 234 g/mol. The van der Waals surface area contributed by atoms with Crippen molar-refractivity contribution in [2.75, 3.05) is 32.7 Å². The van der Waals surface area contributed by atoms with Crippen LogP contribution in [0, 0.1) is 5.92 Å². The van der Waals surface area contributed by atoms with Crippen LogP contribution in [0.1, 0.15) is 19.8 Å². The Balaban J connectivity index is 1.93. The maximum atomic E-state index is 12.3. The van der Waals surface area contributed by atoms with Gasteiger partial charge in [0, 0.05) is 38.8 Å². The van der Waals surface area contributed by atoms with E-state index < -0.39 is 5.97 Å². The Morgan fingerprint density at radius 1 is 1.22 bits per heavy atom. The summed E-state index contributed by atoms with van der Waals surface area (Å²) in [6.45, 7) is 5.66. The van der Waals surface area contributed by atoms with Gasteiger partial charge in [0.05, 0.1) is 5.92 Å². The zero-order chi connectivity index (χ0) is 13.1. The minimum absolute atomic E-state index is 0.0160. The highest BCUT2D eigenvalue weighted by Crippen LogP contribution is 2.24. The van der Waals surface area contributed by atoms with Crippen molar-refractivity contribution in [3.05, 3.63) is 0 Å². The first-order valence-corrected chi connectivity index (χ1v) is 6.58. The molecule has 0 aromatic carbocycles. The van der Waals surface area contributed by atoms with Gasteiger partial charge in [0.1, 0.15) is 0 Å². The van der Waals surface area contributed by atoms with Gasteiger partial charge in [-0.25, -0.2) is 4.79 Å². The molecule has 0 aromatic rings. The molecule has 18 heavy (non-hydrogen) atoms. The minimum Gasteiger partial charge on any atom is -0.481 e. The predicted molar refractivity (Wildman–Crippen MR) is 66.4 cm³/mol. The summed E-state index contributed by atoms with van der Waals surface area (Å²) in [5.41, 5.74) is 0. The number of piperazine rings is 1. The molecule has 6 nitrogen and oxygen atoms in total. The molecule has 2 N–H and O–H groups in total. The monoisotopic (exact) mass is 255 g/mol. The number of nitrogens with zero attached hydrogens (tertiary/aromatic N) is 2. The van der Waals surface area contributed by atoms with Crippen molar-refractivity contribution in [1.82, 2.24) is 15.1 Å². The van der Waals surface area contributed by atoms with Gasteiger partial charge in [0.2, 0.25) is 0 Å². The summed E-state index contributed by atoms with van der Waals surface area (Å²) in [5.74, 6) is -1.04. The van der Waals surface area contributed by atoms with Crippen LogP contribution in [0.25, 0.3) is 0 Å². The predicted octanol–water partition coefficient (Wildman–Crippen LogP) is 0.197. The highest BCUT2D eigenvalue weighted by Gasteiger charge is 2.34. The number of carbonyl (C=O) groups excluding carboxylic acids is 1. The number of hydrogen-bond acceptors (Lipinski definition) is 3. The molecule has 2 atom stereocenters. The first-order valence-electron chi connectivity index (χ1n) is 6.58. The van der Waals surface area contributed by atoms with Crippen LogP contribution in [0.15, 0.2) is 0 Å². The fourth-order valence-corrected chi connectivity index (χ4v) is 2.72. The number of aliphatic carboxylic acids is 1. The van der Waals surface area contributed by atoms with E-state index in [-0.39, 0.29) is 18.0 Å². The average molecular weight is 255 g/mol. The molecule has 2 fully saturated rings. The number of carboxylic acids is 1. The minimum atomic E-state index is -0.740. The number of carboxylic acid groups (broad SMARTS) is 1. The number of amides is 2. The molecule has 102 valence electrons. The molecule has 2 aliphatic rings. The number of piperidine rings is 1. The van der Waals surface area contributed by atoms with Crippen LogP contribution in [-0.2, 0) is 4.79 Å². The molecule has 2 amide bonds. The third kappa shape index (κ3) is 2.75. The van der Waals surface area contributed by atoms with Gasteiger partial charge in [-0.2, -0.15) is 0 Å². The second kappa shape index (κ2) is 5.56.